The fraction of sp³-hybridized carbons (Fsp3) is 0.740. The topological polar surface area (TPSA) is 251 Å². The van der Waals surface area contributed by atoms with Gasteiger partial charge in [0, 0.05) is 47.3 Å². The van der Waals surface area contributed by atoms with Crippen molar-refractivity contribution in [1.29, 1.82) is 0 Å². The van der Waals surface area contributed by atoms with Crippen molar-refractivity contribution >= 4 is 51.6 Å². The van der Waals surface area contributed by atoms with Gasteiger partial charge >= 0.3 is 12.1 Å². The Morgan fingerprint density at radius 3 is 1.93 bits per heavy atom. The van der Waals surface area contributed by atoms with Crippen molar-refractivity contribution in [1.82, 2.24) is 35.0 Å². The van der Waals surface area contributed by atoms with Crippen LogP contribution >= 0.6 is 0 Å². The standard InChI is InChI=1S/C50H81N7O13S/c1-13-31(6)43(55(10)48(62)41(29(2)3)52-47(61)42(30(4)5)54(8)9)39(68-11)28-40(58)57-24-14-15-38(57)44(69-12)32(7)45(59)51-37(46(60)53-71(66,67)36-20-21-36)27-33-16-18-35(19-17-33)70-50(65)56-25-22-34(23-26-56)49(63)64/h16-19,29-32,34,36-39,41-44H,13-15,20-28H2,1-12H3,(H,51,59)(H,52,61)(H,53,60)(H,63,64)/t31-,32+,37-,38-,39+,41-,42?,43-,44+/m0/s1. The first kappa shape index (κ1) is 58.7. The van der Waals surface area contributed by atoms with E-state index in [0.717, 1.165) is 0 Å². The molecule has 0 aromatic heterocycles. The van der Waals surface area contributed by atoms with Crippen LogP contribution in [0.2, 0.25) is 0 Å². The molecule has 3 fully saturated rings. The molecule has 2 aliphatic heterocycles. The monoisotopic (exact) mass is 1020 g/mol. The maximum absolute atomic E-state index is 14.5. The van der Waals surface area contributed by atoms with Crippen LogP contribution in [0.15, 0.2) is 24.3 Å². The van der Waals surface area contributed by atoms with E-state index in [1.165, 1.54) is 31.3 Å². The van der Waals surface area contributed by atoms with Gasteiger partial charge in [0.15, 0.2) is 0 Å². The van der Waals surface area contributed by atoms with Gasteiger partial charge in [-0.25, -0.2) is 13.2 Å². The van der Waals surface area contributed by atoms with Gasteiger partial charge in [-0.15, -0.1) is 0 Å². The van der Waals surface area contributed by atoms with Crippen LogP contribution in [0.5, 0.6) is 5.75 Å². The van der Waals surface area contributed by atoms with Crippen molar-refractivity contribution in [2.24, 2.45) is 29.6 Å². The second kappa shape index (κ2) is 26.2. The summed E-state index contributed by atoms with van der Waals surface area (Å²) in [7, 11) is 4.29. The zero-order valence-electron chi connectivity index (χ0n) is 43.8. The Hall–Kier alpha value is -4.86. The first-order chi connectivity index (χ1) is 33.4. The van der Waals surface area contributed by atoms with Crippen LogP contribution in [0.4, 0.5) is 4.79 Å². The number of sulfonamides is 1. The number of carboxylic acid groups (broad SMARTS) is 1. The van der Waals surface area contributed by atoms with Crippen LogP contribution in [0, 0.1) is 29.6 Å². The molecule has 1 saturated carbocycles. The van der Waals surface area contributed by atoms with Gasteiger partial charge in [0.1, 0.15) is 17.8 Å². The van der Waals surface area contributed by atoms with Crippen LogP contribution in [0.3, 0.4) is 0 Å². The fourth-order valence-corrected chi connectivity index (χ4v) is 11.3. The average molecular weight is 1020 g/mol. The molecule has 1 aromatic carbocycles. The number of benzene rings is 1. The lowest BCUT2D eigenvalue weighted by Crippen LogP contribution is -2.59. The Morgan fingerprint density at radius 1 is 0.803 bits per heavy atom. The third-order valence-electron chi connectivity index (χ3n) is 14.5. The van der Waals surface area contributed by atoms with Crippen molar-refractivity contribution in [3.63, 3.8) is 0 Å². The van der Waals surface area contributed by atoms with E-state index in [1.807, 2.05) is 60.5 Å². The second-order valence-electron chi connectivity index (χ2n) is 20.6. The van der Waals surface area contributed by atoms with Gasteiger partial charge in [0.25, 0.3) is 5.91 Å². The van der Waals surface area contributed by atoms with Gasteiger partial charge < -0.3 is 44.7 Å². The number of likely N-dealkylation sites (N-methyl/N-ethyl adjacent to an activating group) is 2. The van der Waals surface area contributed by atoms with Gasteiger partial charge in [0.05, 0.1) is 53.8 Å². The van der Waals surface area contributed by atoms with Gasteiger partial charge in [-0.1, -0.05) is 67.0 Å². The normalized spacial score (nSPS) is 20.1. The summed E-state index contributed by atoms with van der Waals surface area (Å²) >= 11 is 0. The molecule has 4 rings (SSSR count). The Balaban J connectivity index is 1.49. The first-order valence-electron chi connectivity index (χ1n) is 25.1. The molecule has 400 valence electrons. The van der Waals surface area contributed by atoms with E-state index in [9.17, 15) is 47.1 Å². The molecular weight excluding hydrogens is 939 g/mol. The third kappa shape index (κ3) is 15.6. The lowest BCUT2D eigenvalue weighted by molar-refractivity contribution is -0.148. The lowest BCUT2D eigenvalue weighted by atomic mass is 9.89. The maximum Gasteiger partial charge on any atom is 0.415 e. The molecule has 6 amide bonds. The van der Waals surface area contributed by atoms with Crippen LogP contribution in [0.25, 0.3) is 0 Å². The number of aliphatic carboxylic acids is 1. The van der Waals surface area contributed by atoms with E-state index in [4.69, 9.17) is 14.2 Å². The Kier molecular flexibility index (Phi) is 21.7. The summed E-state index contributed by atoms with van der Waals surface area (Å²) in [5.41, 5.74) is 0.518. The number of methoxy groups -OCH3 is 2. The summed E-state index contributed by atoms with van der Waals surface area (Å²) in [6, 6.07) is 2.46. The van der Waals surface area contributed by atoms with Crippen molar-refractivity contribution < 1.29 is 61.3 Å². The molecule has 4 N–H and O–H groups in total. The molecule has 0 radical (unpaired) electrons. The number of amides is 6. The van der Waals surface area contributed by atoms with Gasteiger partial charge in [-0.2, -0.15) is 0 Å². The fourth-order valence-electron chi connectivity index (χ4n) is 10.0. The minimum atomic E-state index is -3.99. The van der Waals surface area contributed by atoms with Crippen molar-refractivity contribution in [2.75, 3.05) is 55.0 Å². The largest absolute Gasteiger partial charge is 0.481 e. The predicted molar refractivity (Wildman–Crippen MR) is 265 cm³/mol. The highest BCUT2D eigenvalue weighted by atomic mass is 32.2. The summed E-state index contributed by atoms with van der Waals surface area (Å²) in [4.78, 5) is 101. The number of carbonyl (C=O) groups excluding carboxylic acids is 6. The highest BCUT2D eigenvalue weighted by molar-refractivity contribution is 7.90. The minimum Gasteiger partial charge on any atom is -0.481 e. The highest BCUT2D eigenvalue weighted by Crippen LogP contribution is 2.31. The number of hydrogen-bond acceptors (Lipinski definition) is 13. The van der Waals surface area contributed by atoms with Crippen LogP contribution < -0.4 is 20.1 Å². The average Bonchev–Trinajstić information content (AvgIpc) is 4.08. The summed E-state index contributed by atoms with van der Waals surface area (Å²) < 4.78 is 45.5. The smallest absolute Gasteiger partial charge is 0.415 e. The zero-order valence-corrected chi connectivity index (χ0v) is 44.7. The third-order valence-corrected chi connectivity index (χ3v) is 16.3. The van der Waals surface area contributed by atoms with Gasteiger partial charge in [-0.3, -0.25) is 38.4 Å². The summed E-state index contributed by atoms with van der Waals surface area (Å²) in [6.45, 7) is 14.1. The van der Waals surface area contributed by atoms with E-state index < -0.39 is 93.4 Å². The van der Waals surface area contributed by atoms with Crippen molar-refractivity contribution in [3.05, 3.63) is 29.8 Å². The zero-order chi connectivity index (χ0) is 53.1. The SMILES string of the molecule is CC[C@H](C)[C@@H]([C@@H](CC(=O)N1CCC[C@H]1[C@H](OC)[C@@H](C)C(=O)N[C@@H](Cc1ccc(OC(=O)N2CCC(C(=O)O)CC2)cc1)C(=O)NS(=O)(=O)C1CC1)OC)N(C)C(=O)[C@@H](NC(=O)C(C(C)C)N(C)C)C(C)C. The number of piperidine rings is 1. The number of nitrogens with one attached hydrogen (secondary N) is 3. The number of carbonyl (C=O) groups is 7. The Morgan fingerprint density at radius 2 is 1.42 bits per heavy atom. The van der Waals surface area contributed by atoms with E-state index in [2.05, 4.69) is 15.4 Å². The predicted octanol–water partition coefficient (Wildman–Crippen LogP) is 3.27. The highest BCUT2D eigenvalue weighted by Gasteiger charge is 2.44. The molecule has 1 unspecified atom stereocenters. The van der Waals surface area contributed by atoms with Crippen molar-refractivity contribution in [3.8, 4) is 5.75 Å². The Bertz CT molecular complexity index is 2100. The molecular formula is C50H81N7O13S. The first-order valence-corrected chi connectivity index (χ1v) is 26.6. The lowest BCUT2D eigenvalue weighted by Gasteiger charge is -2.41. The van der Waals surface area contributed by atoms with Crippen LogP contribution in [-0.4, -0.2) is 177 Å². The van der Waals surface area contributed by atoms with Gasteiger partial charge in [-0.05, 0) is 88.1 Å². The molecule has 0 bridgehead atoms. The van der Waals surface area contributed by atoms with Crippen LogP contribution in [-0.2, 0) is 54.7 Å². The second-order valence-corrected chi connectivity index (χ2v) is 22.5. The molecule has 20 nitrogen and oxygen atoms in total. The number of nitrogens with zero attached hydrogens (tertiary/aromatic N) is 4. The molecule has 0 spiro atoms. The molecule has 2 heterocycles. The molecule has 1 aliphatic carbocycles. The van der Waals surface area contributed by atoms with E-state index in [0.29, 0.717) is 57.1 Å². The van der Waals surface area contributed by atoms with Crippen molar-refractivity contribution in [2.45, 2.75) is 154 Å². The van der Waals surface area contributed by atoms with E-state index >= 15 is 0 Å². The van der Waals surface area contributed by atoms with Gasteiger partial charge in [0.2, 0.25) is 33.7 Å². The van der Waals surface area contributed by atoms with Crippen LogP contribution in [0.1, 0.15) is 105 Å². The van der Waals surface area contributed by atoms with E-state index in [-0.39, 0.29) is 67.2 Å². The number of hydrogen-bond donors (Lipinski definition) is 4. The number of carboxylic acids is 1. The quantitative estimate of drug-likeness (QED) is 0.110. The van der Waals surface area contributed by atoms with E-state index in [1.54, 1.807) is 35.9 Å². The minimum absolute atomic E-state index is 0.00404. The number of likely N-dealkylation sites (tertiary alicyclic amines) is 2. The summed E-state index contributed by atoms with van der Waals surface area (Å²) in [5.74, 6) is -4.86. The molecule has 3 aliphatic rings. The summed E-state index contributed by atoms with van der Waals surface area (Å²) in [5, 5.41) is 14.4. The molecule has 71 heavy (non-hydrogen) atoms. The maximum atomic E-state index is 14.5. The number of rotatable bonds is 25. The molecule has 1 aromatic rings. The summed E-state index contributed by atoms with van der Waals surface area (Å²) in [6.07, 6.45) is 0.811. The molecule has 21 heteroatoms. The molecule has 2 saturated heterocycles. The Labute approximate surface area is 420 Å². The number of ether oxygens (including phenoxy) is 3. The molecule has 9 atom stereocenters.